The monoisotopic (exact) mass is 379 g/mol. The van der Waals surface area contributed by atoms with Crippen LogP contribution in [0.5, 0.6) is 0 Å². The lowest BCUT2D eigenvalue weighted by molar-refractivity contribution is 0.0742. The Labute approximate surface area is 130 Å². The number of nitrogens with one attached hydrogen (secondary N) is 1. The van der Waals surface area contributed by atoms with Gasteiger partial charge in [-0.2, -0.15) is 0 Å². The van der Waals surface area contributed by atoms with Gasteiger partial charge in [0, 0.05) is 19.6 Å². The van der Waals surface area contributed by atoms with Crippen LogP contribution in [0.3, 0.4) is 0 Å². The summed E-state index contributed by atoms with van der Waals surface area (Å²) in [4.78, 5) is 13.5. The standard InChI is InChI=1S/C12H15BrFN3O3S/c1-17(8-2-3-16-6-8)12(18)9-4-7(14)5-10(11(9)13)21(15,19)20/h4-5,8,16H,2-3,6H2,1H3,(H2,15,19,20). The normalized spacial score (nSPS) is 18.8. The van der Waals surface area contributed by atoms with Crippen molar-refractivity contribution in [3.05, 3.63) is 28.0 Å². The van der Waals surface area contributed by atoms with Crippen LogP contribution in [0.2, 0.25) is 0 Å². The summed E-state index contributed by atoms with van der Waals surface area (Å²) in [7, 11) is -2.52. The lowest BCUT2D eigenvalue weighted by Crippen LogP contribution is -2.38. The highest BCUT2D eigenvalue weighted by atomic mass is 79.9. The predicted molar refractivity (Wildman–Crippen MR) is 78.8 cm³/mol. The topological polar surface area (TPSA) is 92.5 Å². The first-order chi connectivity index (χ1) is 9.71. The summed E-state index contributed by atoms with van der Waals surface area (Å²) in [6.07, 6.45) is 0.789. The Morgan fingerprint density at radius 2 is 2.19 bits per heavy atom. The van der Waals surface area contributed by atoms with Crippen molar-refractivity contribution in [1.82, 2.24) is 10.2 Å². The molecule has 0 aliphatic carbocycles. The summed E-state index contributed by atoms with van der Waals surface area (Å²) in [5.74, 6) is -1.29. The Kier molecular flexibility index (Phi) is 4.66. The van der Waals surface area contributed by atoms with Gasteiger partial charge in [0.1, 0.15) is 5.82 Å². The fourth-order valence-corrected chi connectivity index (χ4v) is 3.96. The maximum Gasteiger partial charge on any atom is 0.255 e. The number of rotatable bonds is 3. The molecule has 2 rings (SSSR count). The molecule has 21 heavy (non-hydrogen) atoms. The van der Waals surface area contributed by atoms with Crippen LogP contribution in [0.4, 0.5) is 4.39 Å². The molecule has 1 heterocycles. The number of carbonyl (C=O) groups excluding carboxylic acids is 1. The number of hydrogen-bond donors (Lipinski definition) is 2. The molecular formula is C12H15BrFN3O3S. The van der Waals surface area contributed by atoms with Gasteiger partial charge in [-0.05, 0) is 41.0 Å². The average Bonchev–Trinajstić information content (AvgIpc) is 2.92. The smallest absolute Gasteiger partial charge is 0.255 e. The molecule has 0 saturated carbocycles. The number of hydrogen-bond acceptors (Lipinski definition) is 4. The lowest BCUT2D eigenvalue weighted by Gasteiger charge is -2.24. The van der Waals surface area contributed by atoms with E-state index in [0.29, 0.717) is 6.54 Å². The predicted octanol–water partition coefficient (Wildman–Crippen LogP) is 0.670. The Morgan fingerprint density at radius 3 is 2.71 bits per heavy atom. The van der Waals surface area contributed by atoms with E-state index in [1.807, 2.05) is 0 Å². The zero-order chi connectivity index (χ0) is 15.8. The summed E-state index contributed by atoms with van der Waals surface area (Å²) >= 11 is 3.04. The second-order valence-corrected chi connectivity index (χ2v) is 7.20. The molecular weight excluding hydrogens is 365 g/mol. The van der Waals surface area contributed by atoms with Gasteiger partial charge in [0.2, 0.25) is 10.0 Å². The molecule has 1 unspecified atom stereocenters. The molecule has 0 bridgehead atoms. The van der Waals surface area contributed by atoms with Crippen LogP contribution in [0.25, 0.3) is 0 Å². The zero-order valence-electron chi connectivity index (χ0n) is 11.3. The number of likely N-dealkylation sites (N-methyl/N-ethyl adjacent to an activating group) is 1. The van der Waals surface area contributed by atoms with E-state index in [1.165, 1.54) is 4.90 Å². The fraction of sp³-hybridized carbons (Fsp3) is 0.417. The summed E-state index contributed by atoms with van der Waals surface area (Å²) < 4.78 is 36.5. The van der Waals surface area contributed by atoms with Crippen LogP contribution in [0, 0.1) is 5.82 Å². The molecule has 1 atom stereocenters. The summed E-state index contributed by atoms with van der Waals surface area (Å²) in [5, 5.41) is 8.16. The lowest BCUT2D eigenvalue weighted by atomic mass is 10.1. The molecule has 1 amide bonds. The molecule has 3 N–H and O–H groups in total. The Morgan fingerprint density at radius 1 is 1.52 bits per heavy atom. The number of halogens is 2. The molecule has 6 nitrogen and oxygen atoms in total. The van der Waals surface area contributed by atoms with E-state index >= 15 is 0 Å². The van der Waals surface area contributed by atoms with E-state index in [4.69, 9.17) is 5.14 Å². The van der Waals surface area contributed by atoms with Crippen molar-refractivity contribution in [2.75, 3.05) is 20.1 Å². The number of amides is 1. The van der Waals surface area contributed by atoms with Gasteiger partial charge in [0.25, 0.3) is 5.91 Å². The maximum absolute atomic E-state index is 13.6. The third-order valence-electron chi connectivity index (χ3n) is 3.44. The molecule has 0 aromatic heterocycles. The second-order valence-electron chi connectivity index (χ2n) is 4.87. The minimum atomic E-state index is -4.13. The van der Waals surface area contributed by atoms with Crippen LogP contribution < -0.4 is 10.5 Å². The molecule has 1 fully saturated rings. The molecule has 116 valence electrons. The van der Waals surface area contributed by atoms with Crippen molar-refractivity contribution in [2.45, 2.75) is 17.4 Å². The Bertz CT molecular complexity index is 675. The Hall–Kier alpha value is -1.03. The number of primary sulfonamides is 1. The van der Waals surface area contributed by atoms with Gasteiger partial charge in [-0.25, -0.2) is 17.9 Å². The van der Waals surface area contributed by atoms with Gasteiger partial charge in [-0.1, -0.05) is 0 Å². The number of benzene rings is 1. The average molecular weight is 380 g/mol. The first kappa shape index (κ1) is 16.3. The molecule has 1 aromatic rings. The minimum absolute atomic E-state index is 0.00870. The molecule has 1 aliphatic rings. The summed E-state index contributed by atoms with van der Waals surface area (Å²) in [5.41, 5.74) is -0.0616. The van der Waals surface area contributed by atoms with E-state index in [-0.39, 0.29) is 16.1 Å². The Balaban J connectivity index is 2.44. The largest absolute Gasteiger partial charge is 0.337 e. The van der Waals surface area contributed by atoms with Crippen molar-refractivity contribution < 1.29 is 17.6 Å². The summed E-state index contributed by atoms with van der Waals surface area (Å²) in [6.45, 7) is 1.45. The van der Waals surface area contributed by atoms with Crippen LogP contribution >= 0.6 is 15.9 Å². The molecule has 9 heteroatoms. The van der Waals surface area contributed by atoms with Crippen molar-refractivity contribution >= 4 is 31.9 Å². The van der Waals surface area contributed by atoms with Gasteiger partial charge in [-0.15, -0.1) is 0 Å². The van der Waals surface area contributed by atoms with Crippen molar-refractivity contribution in [3.8, 4) is 0 Å². The molecule has 1 aromatic carbocycles. The van der Waals surface area contributed by atoms with E-state index < -0.39 is 26.6 Å². The van der Waals surface area contributed by atoms with E-state index in [0.717, 1.165) is 25.1 Å². The quantitative estimate of drug-likeness (QED) is 0.806. The molecule has 0 radical (unpaired) electrons. The zero-order valence-corrected chi connectivity index (χ0v) is 13.7. The van der Waals surface area contributed by atoms with Gasteiger partial charge in [0.05, 0.1) is 14.9 Å². The highest BCUT2D eigenvalue weighted by Gasteiger charge is 2.28. The van der Waals surface area contributed by atoms with Crippen molar-refractivity contribution in [1.29, 1.82) is 0 Å². The van der Waals surface area contributed by atoms with Gasteiger partial charge >= 0.3 is 0 Å². The van der Waals surface area contributed by atoms with Gasteiger partial charge < -0.3 is 10.2 Å². The van der Waals surface area contributed by atoms with E-state index in [9.17, 15) is 17.6 Å². The number of nitrogens with two attached hydrogens (primary N) is 1. The van der Waals surface area contributed by atoms with Crippen molar-refractivity contribution in [3.63, 3.8) is 0 Å². The number of nitrogens with zero attached hydrogens (tertiary/aromatic N) is 1. The molecule has 1 saturated heterocycles. The summed E-state index contributed by atoms with van der Waals surface area (Å²) in [6, 6.07) is 1.78. The van der Waals surface area contributed by atoms with Crippen LogP contribution in [0.1, 0.15) is 16.8 Å². The van der Waals surface area contributed by atoms with Crippen LogP contribution in [0.15, 0.2) is 21.5 Å². The SMILES string of the molecule is CN(C(=O)c1cc(F)cc(S(N)(=O)=O)c1Br)C1CCNC1. The highest BCUT2D eigenvalue weighted by molar-refractivity contribution is 9.10. The van der Waals surface area contributed by atoms with E-state index in [2.05, 4.69) is 21.2 Å². The number of carbonyl (C=O) groups is 1. The highest BCUT2D eigenvalue weighted by Crippen LogP contribution is 2.28. The fourth-order valence-electron chi connectivity index (χ4n) is 2.25. The third kappa shape index (κ3) is 3.42. The second kappa shape index (κ2) is 5.99. The van der Waals surface area contributed by atoms with Crippen molar-refractivity contribution in [2.24, 2.45) is 5.14 Å². The first-order valence-corrected chi connectivity index (χ1v) is 8.55. The maximum atomic E-state index is 13.6. The van der Waals surface area contributed by atoms with Crippen LogP contribution in [-0.4, -0.2) is 45.4 Å². The van der Waals surface area contributed by atoms with Crippen LogP contribution in [-0.2, 0) is 10.0 Å². The molecule has 1 aliphatic heterocycles. The third-order valence-corrected chi connectivity index (χ3v) is 5.50. The number of sulfonamides is 1. The van der Waals surface area contributed by atoms with E-state index in [1.54, 1.807) is 7.05 Å². The first-order valence-electron chi connectivity index (χ1n) is 6.21. The van der Waals surface area contributed by atoms with Gasteiger partial charge in [0.15, 0.2) is 0 Å². The minimum Gasteiger partial charge on any atom is -0.337 e. The van der Waals surface area contributed by atoms with Gasteiger partial charge in [-0.3, -0.25) is 4.79 Å². The molecule has 0 spiro atoms.